The Balaban J connectivity index is 0.000000855. The van der Waals surface area contributed by atoms with E-state index in [0.717, 1.165) is 23.1 Å². The summed E-state index contributed by atoms with van der Waals surface area (Å²) in [7, 11) is 0. The number of benzene rings is 2. The van der Waals surface area contributed by atoms with Crippen molar-refractivity contribution < 1.29 is 17.9 Å². The standard InChI is InChI=1S/C18H12F3NO.2C2H6/c1-2-12-9-16-15(7-4-8-22-16)17(10-12)23-14-6-3-5-13(11-14)18(19,20)21;2*1-2/h2-11H,1H2;2*1-2H3. The van der Waals surface area contributed by atoms with Crippen LogP contribution in [0.1, 0.15) is 38.8 Å². The molecule has 1 heterocycles. The summed E-state index contributed by atoms with van der Waals surface area (Å²) in [6.07, 6.45) is -1.14. The van der Waals surface area contributed by atoms with Crippen molar-refractivity contribution in [2.45, 2.75) is 33.9 Å². The molecule has 0 fully saturated rings. The lowest BCUT2D eigenvalue weighted by molar-refractivity contribution is -0.137. The van der Waals surface area contributed by atoms with E-state index in [1.54, 1.807) is 30.5 Å². The fourth-order valence-corrected chi connectivity index (χ4v) is 2.23. The van der Waals surface area contributed by atoms with Gasteiger partial charge in [-0.1, -0.05) is 46.4 Å². The van der Waals surface area contributed by atoms with Crippen molar-refractivity contribution in [1.29, 1.82) is 0 Å². The van der Waals surface area contributed by atoms with Gasteiger partial charge < -0.3 is 4.74 Å². The van der Waals surface area contributed by atoms with Gasteiger partial charge in [0.2, 0.25) is 0 Å². The average Bonchev–Trinajstić information content (AvgIpc) is 2.70. The normalized spacial score (nSPS) is 10.2. The van der Waals surface area contributed by atoms with Gasteiger partial charge in [0.25, 0.3) is 0 Å². The van der Waals surface area contributed by atoms with Gasteiger partial charge in [-0.05, 0) is 48.0 Å². The third kappa shape index (κ3) is 5.84. The summed E-state index contributed by atoms with van der Waals surface area (Å²) in [6, 6.07) is 11.9. The lowest BCUT2D eigenvalue weighted by atomic mass is 10.1. The average molecular weight is 375 g/mol. The molecule has 2 nitrogen and oxygen atoms in total. The summed E-state index contributed by atoms with van der Waals surface area (Å²) in [5, 5.41) is 0.718. The highest BCUT2D eigenvalue weighted by atomic mass is 19.4. The van der Waals surface area contributed by atoms with Gasteiger partial charge in [0.1, 0.15) is 11.5 Å². The summed E-state index contributed by atoms with van der Waals surface area (Å²) >= 11 is 0. The third-order valence-corrected chi connectivity index (χ3v) is 3.33. The Kier molecular flexibility index (Phi) is 8.52. The molecule has 0 saturated carbocycles. The fourth-order valence-electron chi connectivity index (χ4n) is 2.23. The molecule has 0 atom stereocenters. The monoisotopic (exact) mass is 375 g/mol. The predicted octanol–water partition coefficient (Wildman–Crippen LogP) is 7.74. The highest BCUT2D eigenvalue weighted by molar-refractivity contribution is 5.87. The van der Waals surface area contributed by atoms with Gasteiger partial charge in [0.15, 0.2) is 0 Å². The molecule has 144 valence electrons. The molecule has 0 radical (unpaired) electrons. The van der Waals surface area contributed by atoms with Gasteiger partial charge in [-0.3, -0.25) is 4.98 Å². The van der Waals surface area contributed by atoms with Crippen LogP contribution >= 0.6 is 0 Å². The lowest BCUT2D eigenvalue weighted by Crippen LogP contribution is -2.04. The number of hydrogen-bond donors (Lipinski definition) is 0. The Bertz CT molecular complexity index is 873. The third-order valence-electron chi connectivity index (χ3n) is 3.33. The second kappa shape index (κ2) is 10.4. The van der Waals surface area contributed by atoms with E-state index in [1.807, 2.05) is 33.8 Å². The van der Waals surface area contributed by atoms with Gasteiger partial charge >= 0.3 is 6.18 Å². The van der Waals surface area contributed by atoms with Crippen LogP contribution in [-0.2, 0) is 6.18 Å². The topological polar surface area (TPSA) is 22.1 Å². The van der Waals surface area contributed by atoms with Crippen molar-refractivity contribution in [3.05, 3.63) is 72.4 Å². The second-order valence-corrected chi connectivity index (χ2v) is 4.92. The van der Waals surface area contributed by atoms with Crippen molar-refractivity contribution in [2.75, 3.05) is 0 Å². The van der Waals surface area contributed by atoms with Crippen molar-refractivity contribution in [1.82, 2.24) is 4.98 Å². The molecular formula is C22H24F3NO. The first kappa shape index (κ1) is 22.2. The van der Waals surface area contributed by atoms with Crippen LogP contribution < -0.4 is 4.74 Å². The van der Waals surface area contributed by atoms with Crippen LogP contribution in [0.15, 0.2) is 61.3 Å². The summed E-state index contributed by atoms with van der Waals surface area (Å²) in [6.45, 7) is 11.7. The first-order valence-corrected chi connectivity index (χ1v) is 8.84. The number of aromatic nitrogens is 1. The lowest BCUT2D eigenvalue weighted by Gasteiger charge is -2.12. The molecule has 0 aliphatic carbocycles. The van der Waals surface area contributed by atoms with Crippen LogP contribution in [0.3, 0.4) is 0 Å². The van der Waals surface area contributed by atoms with Gasteiger partial charge in [-0.15, -0.1) is 0 Å². The summed E-state index contributed by atoms with van der Waals surface area (Å²) in [5.41, 5.74) is 0.711. The molecule has 0 unspecified atom stereocenters. The van der Waals surface area contributed by atoms with E-state index in [4.69, 9.17) is 4.74 Å². The number of pyridine rings is 1. The smallest absolute Gasteiger partial charge is 0.416 e. The molecule has 27 heavy (non-hydrogen) atoms. The number of halogens is 3. The maximum atomic E-state index is 12.8. The minimum Gasteiger partial charge on any atom is -0.457 e. The number of rotatable bonds is 3. The largest absolute Gasteiger partial charge is 0.457 e. The quantitative estimate of drug-likeness (QED) is 0.467. The first-order valence-electron chi connectivity index (χ1n) is 8.84. The van der Waals surface area contributed by atoms with Crippen LogP contribution in [0.25, 0.3) is 17.0 Å². The molecule has 0 aliphatic heterocycles. The molecule has 3 rings (SSSR count). The number of alkyl halides is 3. The summed E-state index contributed by atoms with van der Waals surface area (Å²) in [5.74, 6) is 0.552. The van der Waals surface area contributed by atoms with Crippen LogP contribution in [0.5, 0.6) is 11.5 Å². The Labute approximate surface area is 158 Å². The van der Waals surface area contributed by atoms with Crippen LogP contribution in [-0.4, -0.2) is 4.98 Å². The summed E-state index contributed by atoms with van der Waals surface area (Å²) < 4.78 is 44.1. The molecule has 1 aromatic heterocycles. The van der Waals surface area contributed by atoms with Crippen molar-refractivity contribution in [3.63, 3.8) is 0 Å². The maximum absolute atomic E-state index is 12.8. The van der Waals surface area contributed by atoms with E-state index < -0.39 is 11.7 Å². The van der Waals surface area contributed by atoms with Gasteiger partial charge in [0.05, 0.1) is 11.1 Å². The number of ether oxygens (including phenoxy) is 1. The Morgan fingerprint density at radius 2 is 1.67 bits per heavy atom. The highest BCUT2D eigenvalue weighted by Crippen LogP contribution is 2.35. The van der Waals surface area contributed by atoms with E-state index in [0.29, 0.717) is 11.3 Å². The Morgan fingerprint density at radius 1 is 0.963 bits per heavy atom. The van der Waals surface area contributed by atoms with E-state index >= 15 is 0 Å². The van der Waals surface area contributed by atoms with Crippen molar-refractivity contribution in [2.24, 2.45) is 0 Å². The first-order chi connectivity index (χ1) is 13.0. The zero-order valence-corrected chi connectivity index (χ0v) is 16.0. The minimum atomic E-state index is -4.41. The molecule has 3 aromatic rings. The van der Waals surface area contributed by atoms with E-state index in [-0.39, 0.29) is 5.75 Å². The molecule has 0 spiro atoms. The van der Waals surface area contributed by atoms with Gasteiger partial charge in [-0.25, -0.2) is 0 Å². The zero-order chi connectivity index (χ0) is 20.4. The molecule has 2 aromatic carbocycles. The highest BCUT2D eigenvalue weighted by Gasteiger charge is 2.30. The van der Waals surface area contributed by atoms with Crippen molar-refractivity contribution in [3.8, 4) is 11.5 Å². The maximum Gasteiger partial charge on any atom is 0.416 e. The van der Waals surface area contributed by atoms with Crippen LogP contribution in [0, 0.1) is 0 Å². The molecule has 0 amide bonds. The van der Waals surface area contributed by atoms with E-state index in [1.165, 1.54) is 12.1 Å². The predicted molar refractivity (Wildman–Crippen MR) is 106 cm³/mol. The van der Waals surface area contributed by atoms with E-state index in [9.17, 15) is 13.2 Å². The molecule has 0 saturated heterocycles. The molecule has 0 N–H and O–H groups in total. The fraction of sp³-hybridized carbons (Fsp3) is 0.227. The van der Waals surface area contributed by atoms with Crippen LogP contribution in [0.2, 0.25) is 0 Å². The Morgan fingerprint density at radius 3 is 2.30 bits per heavy atom. The van der Waals surface area contributed by atoms with E-state index in [2.05, 4.69) is 11.6 Å². The molecule has 0 bridgehead atoms. The van der Waals surface area contributed by atoms with Gasteiger partial charge in [-0.2, -0.15) is 13.2 Å². The molecule has 0 aliphatic rings. The number of hydrogen-bond acceptors (Lipinski definition) is 2. The molecular weight excluding hydrogens is 351 g/mol. The minimum absolute atomic E-state index is 0.117. The van der Waals surface area contributed by atoms with Gasteiger partial charge in [0, 0.05) is 11.6 Å². The zero-order valence-electron chi connectivity index (χ0n) is 16.0. The number of fused-ring (bicyclic) bond motifs is 1. The Hall–Kier alpha value is -2.82. The SMILES string of the molecule is C=Cc1cc(Oc2cccc(C(F)(F)F)c2)c2cccnc2c1.CC.CC. The second-order valence-electron chi connectivity index (χ2n) is 4.92. The van der Waals surface area contributed by atoms with Crippen LogP contribution in [0.4, 0.5) is 13.2 Å². The summed E-state index contributed by atoms with van der Waals surface area (Å²) in [4.78, 5) is 4.24. The number of nitrogens with zero attached hydrogens (tertiary/aromatic N) is 1. The molecule has 5 heteroatoms. The van der Waals surface area contributed by atoms with Crippen molar-refractivity contribution >= 4 is 17.0 Å².